The highest BCUT2D eigenvalue weighted by Crippen LogP contribution is 2.38. The van der Waals surface area contributed by atoms with Crippen LogP contribution in [0.15, 0.2) is 58.5 Å². The number of nitrogens with zero attached hydrogens (tertiary/aromatic N) is 1. The van der Waals surface area contributed by atoms with E-state index in [4.69, 9.17) is 40.2 Å². The maximum atomic E-state index is 12.5. The summed E-state index contributed by atoms with van der Waals surface area (Å²) in [7, 11) is 0. The Bertz CT molecular complexity index is 1030. The van der Waals surface area contributed by atoms with Crippen molar-refractivity contribution in [3.8, 4) is 0 Å². The van der Waals surface area contributed by atoms with Gasteiger partial charge in [0.25, 0.3) is 0 Å². The van der Waals surface area contributed by atoms with Crippen LogP contribution in [0.1, 0.15) is 12.0 Å². The third-order valence-corrected chi connectivity index (χ3v) is 6.15. The first-order chi connectivity index (χ1) is 12.9. The third kappa shape index (κ3) is 3.48. The molecule has 0 unspecified atom stereocenters. The highest BCUT2D eigenvalue weighted by atomic mass is 35.5. The normalized spacial score (nSPS) is 19.5. The zero-order chi connectivity index (χ0) is 19.1. The highest BCUT2D eigenvalue weighted by molar-refractivity contribution is 8.06. The lowest BCUT2D eigenvalue weighted by Gasteiger charge is -2.17. The first-order valence-electron chi connectivity index (χ1n) is 7.94. The average Bonchev–Trinajstić information content (AvgIpc) is 3.23. The van der Waals surface area contributed by atoms with Crippen LogP contribution in [0.25, 0.3) is 5.70 Å². The Hall–Kier alpha value is -1.92. The Balaban J connectivity index is 1.60. The van der Waals surface area contributed by atoms with Gasteiger partial charge in [0.1, 0.15) is 5.84 Å². The number of amides is 1. The highest BCUT2D eigenvalue weighted by Gasteiger charge is 2.35. The standard InChI is InChI=1S/C19H12Cl3N3OS/c20-11-3-1-10(2-4-11)16-9-27-19(24-16)13-8-17(26)25(18(13)23)12-5-6-14(21)15(22)7-12/h1-7,9,23-24H,8H2/b19-13+,23-18?. The molecule has 2 aromatic carbocycles. The fourth-order valence-corrected chi connectivity index (χ4v) is 4.20. The molecule has 0 spiro atoms. The van der Waals surface area contributed by atoms with Crippen molar-refractivity contribution in [2.45, 2.75) is 6.42 Å². The number of nitrogens with one attached hydrogen (secondary N) is 2. The molecular weight excluding hydrogens is 425 g/mol. The quantitative estimate of drug-likeness (QED) is 0.615. The molecule has 1 amide bonds. The lowest BCUT2D eigenvalue weighted by molar-refractivity contribution is -0.116. The van der Waals surface area contributed by atoms with E-state index < -0.39 is 0 Å². The smallest absolute Gasteiger partial charge is 0.237 e. The molecule has 0 aliphatic carbocycles. The topological polar surface area (TPSA) is 56.2 Å². The third-order valence-electron chi connectivity index (χ3n) is 4.22. The summed E-state index contributed by atoms with van der Waals surface area (Å²) in [5.41, 5.74) is 3.08. The zero-order valence-corrected chi connectivity index (χ0v) is 16.8. The minimum Gasteiger partial charge on any atom is -0.349 e. The van der Waals surface area contributed by atoms with E-state index >= 15 is 0 Å². The van der Waals surface area contributed by atoms with Gasteiger partial charge in [0, 0.05) is 16.0 Å². The van der Waals surface area contributed by atoms with E-state index in [1.165, 1.54) is 16.7 Å². The Kier molecular flexibility index (Phi) is 4.95. The van der Waals surface area contributed by atoms with Gasteiger partial charge in [-0.05, 0) is 35.9 Å². The summed E-state index contributed by atoms with van der Waals surface area (Å²) in [5, 5.41) is 16.0. The summed E-state index contributed by atoms with van der Waals surface area (Å²) in [4.78, 5) is 13.9. The largest absolute Gasteiger partial charge is 0.349 e. The Labute approximate surface area is 175 Å². The van der Waals surface area contributed by atoms with Gasteiger partial charge in [-0.1, -0.05) is 58.7 Å². The fraction of sp³-hybridized carbons (Fsp3) is 0.0526. The van der Waals surface area contributed by atoms with Crippen LogP contribution >= 0.6 is 46.6 Å². The maximum Gasteiger partial charge on any atom is 0.237 e. The summed E-state index contributed by atoms with van der Waals surface area (Å²) in [5.74, 6) is -0.0395. The number of amidine groups is 1. The van der Waals surface area contributed by atoms with E-state index in [0.29, 0.717) is 26.3 Å². The molecule has 1 saturated heterocycles. The van der Waals surface area contributed by atoms with E-state index in [9.17, 15) is 4.79 Å². The Morgan fingerprint density at radius 2 is 1.78 bits per heavy atom. The molecule has 0 saturated carbocycles. The predicted molar refractivity (Wildman–Crippen MR) is 113 cm³/mol. The maximum absolute atomic E-state index is 12.5. The number of hydrogen-bond donors (Lipinski definition) is 2. The molecule has 0 aromatic heterocycles. The summed E-state index contributed by atoms with van der Waals surface area (Å²) < 4.78 is 0. The summed E-state index contributed by atoms with van der Waals surface area (Å²) in [6, 6.07) is 12.4. The van der Waals surface area contributed by atoms with Crippen molar-refractivity contribution >= 4 is 69.7 Å². The van der Waals surface area contributed by atoms with Crippen LogP contribution in [0.5, 0.6) is 0 Å². The van der Waals surface area contributed by atoms with Crippen molar-refractivity contribution in [1.82, 2.24) is 5.32 Å². The zero-order valence-electron chi connectivity index (χ0n) is 13.7. The second-order valence-corrected chi connectivity index (χ2v) is 8.07. The van der Waals surface area contributed by atoms with Crippen LogP contribution in [0, 0.1) is 5.41 Å². The first kappa shape index (κ1) is 18.4. The summed E-state index contributed by atoms with van der Waals surface area (Å²) in [6.07, 6.45) is 0.149. The van der Waals surface area contributed by atoms with Gasteiger partial charge < -0.3 is 5.32 Å². The van der Waals surface area contributed by atoms with Crippen molar-refractivity contribution in [2.24, 2.45) is 0 Å². The van der Waals surface area contributed by atoms with Crippen molar-refractivity contribution in [3.63, 3.8) is 0 Å². The van der Waals surface area contributed by atoms with E-state index in [-0.39, 0.29) is 18.2 Å². The van der Waals surface area contributed by atoms with Gasteiger partial charge in [0.2, 0.25) is 5.91 Å². The van der Waals surface area contributed by atoms with Crippen molar-refractivity contribution in [1.29, 1.82) is 5.41 Å². The van der Waals surface area contributed by atoms with E-state index in [1.807, 2.05) is 29.7 Å². The molecule has 0 bridgehead atoms. The number of benzene rings is 2. The SMILES string of the molecule is N=C1/C(=C2\NC(c3ccc(Cl)cc3)=CS2)CC(=O)N1c1ccc(Cl)c(Cl)c1. The molecule has 2 heterocycles. The van der Waals surface area contributed by atoms with Crippen LogP contribution < -0.4 is 10.2 Å². The minimum atomic E-state index is -0.178. The molecule has 4 nitrogen and oxygen atoms in total. The van der Waals surface area contributed by atoms with Crippen LogP contribution in [0.2, 0.25) is 15.1 Å². The minimum absolute atomic E-state index is 0.138. The van der Waals surface area contributed by atoms with Gasteiger partial charge in [-0.15, -0.1) is 0 Å². The number of rotatable bonds is 2. The lowest BCUT2D eigenvalue weighted by Crippen LogP contribution is -2.28. The van der Waals surface area contributed by atoms with E-state index in [0.717, 1.165) is 16.3 Å². The van der Waals surface area contributed by atoms with Crippen LogP contribution in [-0.2, 0) is 4.79 Å². The van der Waals surface area contributed by atoms with Gasteiger partial charge >= 0.3 is 0 Å². The van der Waals surface area contributed by atoms with Gasteiger partial charge in [0.15, 0.2) is 0 Å². The number of carbonyl (C=O) groups excluding carboxylic acids is 1. The second-order valence-electron chi connectivity index (χ2n) is 5.94. The van der Waals surface area contributed by atoms with Gasteiger partial charge in [-0.2, -0.15) is 0 Å². The summed E-state index contributed by atoms with van der Waals surface area (Å²) in [6.45, 7) is 0. The Morgan fingerprint density at radius 1 is 1.04 bits per heavy atom. The molecule has 2 aromatic rings. The molecule has 2 aliphatic rings. The molecule has 27 heavy (non-hydrogen) atoms. The van der Waals surface area contributed by atoms with Crippen molar-refractivity contribution < 1.29 is 4.79 Å². The average molecular weight is 437 g/mol. The van der Waals surface area contributed by atoms with E-state index in [1.54, 1.807) is 18.2 Å². The molecule has 8 heteroatoms. The van der Waals surface area contributed by atoms with Gasteiger partial charge in [-0.25, -0.2) is 0 Å². The number of anilines is 1. The molecule has 0 radical (unpaired) electrons. The monoisotopic (exact) mass is 435 g/mol. The van der Waals surface area contributed by atoms with Crippen LogP contribution in [0.3, 0.4) is 0 Å². The van der Waals surface area contributed by atoms with Gasteiger partial charge in [-0.3, -0.25) is 15.1 Å². The predicted octanol–water partition coefficient (Wildman–Crippen LogP) is 5.91. The van der Waals surface area contributed by atoms with Crippen molar-refractivity contribution in [2.75, 3.05) is 4.90 Å². The van der Waals surface area contributed by atoms with Crippen LogP contribution in [0.4, 0.5) is 5.69 Å². The molecule has 1 fully saturated rings. The van der Waals surface area contributed by atoms with Gasteiger partial charge in [0.05, 0.1) is 32.9 Å². The second kappa shape index (κ2) is 7.24. The van der Waals surface area contributed by atoms with Crippen LogP contribution in [-0.4, -0.2) is 11.7 Å². The molecule has 2 N–H and O–H groups in total. The number of halogens is 3. The number of hydrogen-bond acceptors (Lipinski definition) is 4. The first-order valence-corrected chi connectivity index (χ1v) is 9.95. The molecule has 2 aliphatic heterocycles. The summed E-state index contributed by atoms with van der Waals surface area (Å²) >= 11 is 19.4. The molecule has 4 rings (SSSR count). The van der Waals surface area contributed by atoms with E-state index in [2.05, 4.69) is 5.32 Å². The number of thioether (sulfide) groups is 1. The molecule has 136 valence electrons. The fourth-order valence-electron chi connectivity index (χ4n) is 2.87. The molecular formula is C19H12Cl3N3OS. The number of carbonyl (C=O) groups is 1. The Morgan fingerprint density at radius 3 is 2.48 bits per heavy atom. The lowest BCUT2D eigenvalue weighted by atomic mass is 10.1. The molecule has 0 atom stereocenters. The van der Waals surface area contributed by atoms with Crippen molar-refractivity contribution in [3.05, 3.63) is 79.1 Å².